The summed E-state index contributed by atoms with van der Waals surface area (Å²) in [6.45, 7) is 2.00. The van der Waals surface area contributed by atoms with Crippen LogP contribution in [0, 0.1) is 6.92 Å². The fourth-order valence-corrected chi connectivity index (χ4v) is 2.23. The third-order valence-corrected chi connectivity index (χ3v) is 3.26. The molecule has 0 fully saturated rings. The number of hydrogen-bond acceptors (Lipinski definition) is 2. The van der Waals surface area contributed by atoms with E-state index in [1.807, 2.05) is 56.4 Å². The van der Waals surface area contributed by atoms with Gasteiger partial charge in [0.25, 0.3) is 5.91 Å². The molecule has 0 saturated heterocycles. The van der Waals surface area contributed by atoms with E-state index in [0.29, 0.717) is 5.56 Å². The van der Waals surface area contributed by atoms with Gasteiger partial charge in [-0.1, -0.05) is 28.1 Å². The van der Waals surface area contributed by atoms with Crippen LogP contribution in [0.4, 0.5) is 11.4 Å². The minimum Gasteiger partial charge on any atom is -0.387 e. The predicted octanol–water partition coefficient (Wildman–Crippen LogP) is 4.05. The molecule has 98 valence electrons. The second kappa shape index (κ2) is 5.89. The van der Waals surface area contributed by atoms with Gasteiger partial charge in [-0.15, -0.1) is 0 Å². The maximum Gasteiger partial charge on any atom is 0.257 e. The first-order valence-corrected chi connectivity index (χ1v) is 6.75. The molecule has 4 heteroatoms. The van der Waals surface area contributed by atoms with Crippen LogP contribution in [0.3, 0.4) is 0 Å². The number of carbonyl (C=O) groups is 1. The molecule has 0 aliphatic rings. The van der Waals surface area contributed by atoms with Crippen LogP contribution < -0.4 is 10.6 Å². The van der Waals surface area contributed by atoms with Gasteiger partial charge in [0, 0.05) is 22.9 Å². The minimum atomic E-state index is -0.123. The average molecular weight is 319 g/mol. The molecule has 0 heterocycles. The lowest BCUT2D eigenvalue weighted by Crippen LogP contribution is -2.14. The number of anilines is 2. The van der Waals surface area contributed by atoms with Gasteiger partial charge in [-0.25, -0.2) is 0 Å². The zero-order valence-electron chi connectivity index (χ0n) is 10.8. The molecule has 0 aliphatic heterocycles. The van der Waals surface area contributed by atoms with Crippen LogP contribution in [-0.4, -0.2) is 13.0 Å². The van der Waals surface area contributed by atoms with Crippen molar-refractivity contribution in [1.82, 2.24) is 0 Å². The molecule has 2 aromatic rings. The molecule has 0 aromatic heterocycles. The van der Waals surface area contributed by atoms with E-state index in [0.717, 1.165) is 21.4 Å². The van der Waals surface area contributed by atoms with Crippen LogP contribution in [0.25, 0.3) is 0 Å². The number of carbonyl (C=O) groups excluding carboxylic acids is 1. The molecule has 0 atom stereocenters. The number of benzene rings is 2. The molecule has 0 saturated carbocycles. The largest absolute Gasteiger partial charge is 0.387 e. The van der Waals surface area contributed by atoms with Crippen molar-refractivity contribution in [3.8, 4) is 0 Å². The Kier molecular flexibility index (Phi) is 4.22. The summed E-state index contributed by atoms with van der Waals surface area (Å²) in [6.07, 6.45) is 0. The lowest BCUT2D eigenvalue weighted by Gasteiger charge is -2.11. The van der Waals surface area contributed by atoms with E-state index in [1.165, 1.54) is 0 Å². The number of nitrogens with one attached hydrogen (secondary N) is 2. The fraction of sp³-hybridized carbons (Fsp3) is 0.133. The molecular formula is C15H15BrN2O. The number of hydrogen-bond donors (Lipinski definition) is 2. The van der Waals surface area contributed by atoms with Crippen LogP contribution in [-0.2, 0) is 0 Å². The van der Waals surface area contributed by atoms with Gasteiger partial charge in [0.05, 0.1) is 5.56 Å². The summed E-state index contributed by atoms with van der Waals surface area (Å²) in [5.74, 6) is -0.123. The first kappa shape index (κ1) is 13.6. The Morgan fingerprint density at radius 3 is 2.63 bits per heavy atom. The van der Waals surface area contributed by atoms with E-state index < -0.39 is 0 Å². The predicted molar refractivity (Wildman–Crippen MR) is 82.8 cm³/mol. The Balaban J connectivity index is 2.25. The molecule has 0 aliphatic carbocycles. The molecule has 3 nitrogen and oxygen atoms in total. The monoisotopic (exact) mass is 318 g/mol. The minimum absolute atomic E-state index is 0.123. The number of halogens is 1. The van der Waals surface area contributed by atoms with Crippen LogP contribution in [0.5, 0.6) is 0 Å². The Hall–Kier alpha value is -1.81. The Labute approximate surface area is 121 Å². The van der Waals surface area contributed by atoms with Crippen LogP contribution in [0.1, 0.15) is 15.9 Å². The SMILES string of the molecule is CNc1cc(C)ccc1C(=O)Nc1cccc(Br)c1. The lowest BCUT2D eigenvalue weighted by molar-refractivity contribution is 0.102. The van der Waals surface area contributed by atoms with E-state index >= 15 is 0 Å². The summed E-state index contributed by atoms with van der Waals surface area (Å²) in [7, 11) is 1.81. The van der Waals surface area contributed by atoms with Crippen LogP contribution in [0.15, 0.2) is 46.9 Å². The summed E-state index contributed by atoms with van der Waals surface area (Å²) < 4.78 is 0.933. The number of aryl methyl sites for hydroxylation is 1. The Morgan fingerprint density at radius 2 is 1.95 bits per heavy atom. The number of amides is 1. The maximum atomic E-state index is 12.2. The van der Waals surface area contributed by atoms with Gasteiger partial charge in [-0.2, -0.15) is 0 Å². The Morgan fingerprint density at radius 1 is 1.16 bits per heavy atom. The molecule has 2 N–H and O–H groups in total. The summed E-state index contributed by atoms with van der Waals surface area (Å²) >= 11 is 3.38. The standard InChI is InChI=1S/C15H15BrN2O/c1-10-6-7-13(14(8-10)17-2)15(19)18-12-5-3-4-11(16)9-12/h3-9,17H,1-2H3,(H,18,19). The van der Waals surface area contributed by atoms with Crippen molar-refractivity contribution in [2.45, 2.75) is 6.92 Å². The molecule has 0 unspecified atom stereocenters. The van der Waals surface area contributed by atoms with Crippen LogP contribution in [0.2, 0.25) is 0 Å². The van der Waals surface area contributed by atoms with Crippen LogP contribution >= 0.6 is 15.9 Å². The normalized spacial score (nSPS) is 10.1. The fourth-order valence-electron chi connectivity index (χ4n) is 1.83. The smallest absolute Gasteiger partial charge is 0.257 e. The van der Waals surface area contributed by atoms with Gasteiger partial charge < -0.3 is 10.6 Å². The maximum absolute atomic E-state index is 12.2. The summed E-state index contributed by atoms with van der Waals surface area (Å²) in [5.41, 5.74) is 3.34. The van der Waals surface area contributed by atoms with E-state index in [2.05, 4.69) is 26.6 Å². The van der Waals surface area contributed by atoms with E-state index in [-0.39, 0.29) is 5.91 Å². The Bertz CT molecular complexity index is 611. The first-order valence-electron chi connectivity index (χ1n) is 5.95. The molecule has 0 radical (unpaired) electrons. The van der Waals surface area contributed by atoms with Gasteiger partial charge in [-0.05, 0) is 42.8 Å². The van der Waals surface area contributed by atoms with E-state index in [1.54, 1.807) is 0 Å². The molecule has 19 heavy (non-hydrogen) atoms. The second-order valence-electron chi connectivity index (χ2n) is 4.26. The molecule has 2 aromatic carbocycles. The van der Waals surface area contributed by atoms with Crippen molar-refractivity contribution in [3.63, 3.8) is 0 Å². The highest BCUT2D eigenvalue weighted by molar-refractivity contribution is 9.10. The molecule has 0 spiro atoms. The van der Waals surface area contributed by atoms with Gasteiger partial charge in [-0.3, -0.25) is 4.79 Å². The lowest BCUT2D eigenvalue weighted by atomic mass is 10.1. The highest BCUT2D eigenvalue weighted by Crippen LogP contribution is 2.20. The highest BCUT2D eigenvalue weighted by atomic mass is 79.9. The summed E-state index contributed by atoms with van der Waals surface area (Å²) in [4.78, 5) is 12.2. The topological polar surface area (TPSA) is 41.1 Å². The van der Waals surface area contributed by atoms with Gasteiger partial charge in [0.1, 0.15) is 0 Å². The average Bonchev–Trinajstić information content (AvgIpc) is 2.38. The first-order chi connectivity index (χ1) is 9.10. The van der Waals surface area contributed by atoms with Gasteiger partial charge in [0.2, 0.25) is 0 Å². The van der Waals surface area contributed by atoms with Crippen molar-refractivity contribution >= 4 is 33.2 Å². The number of rotatable bonds is 3. The van der Waals surface area contributed by atoms with Crippen molar-refractivity contribution in [3.05, 3.63) is 58.1 Å². The zero-order chi connectivity index (χ0) is 13.8. The third-order valence-electron chi connectivity index (χ3n) is 2.77. The molecule has 0 bridgehead atoms. The van der Waals surface area contributed by atoms with Crippen molar-refractivity contribution in [2.75, 3.05) is 17.7 Å². The molecule has 1 amide bonds. The quantitative estimate of drug-likeness (QED) is 0.896. The van der Waals surface area contributed by atoms with Crippen molar-refractivity contribution < 1.29 is 4.79 Å². The zero-order valence-corrected chi connectivity index (χ0v) is 12.4. The second-order valence-corrected chi connectivity index (χ2v) is 5.18. The van der Waals surface area contributed by atoms with E-state index in [9.17, 15) is 4.79 Å². The van der Waals surface area contributed by atoms with Gasteiger partial charge >= 0.3 is 0 Å². The molecular weight excluding hydrogens is 304 g/mol. The van der Waals surface area contributed by atoms with Crippen molar-refractivity contribution in [1.29, 1.82) is 0 Å². The third kappa shape index (κ3) is 3.35. The highest BCUT2D eigenvalue weighted by Gasteiger charge is 2.11. The van der Waals surface area contributed by atoms with Gasteiger partial charge in [0.15, 0.2) is 0 Å². The van der Waals surface area contributed by atoms with E-state index in [4.69, 9.17) is 0 Å². The van der Waals surface area contributed by atoms with Crippen molar-refractivity contribution in [2.24, 2.45) is 0 Å². The molecule has 2 rings (SSSR count). The summed E-state index contributed by atoms with van der Waals surface area (Å²) in [6, 6.07) is 13.2. The summed E-state index contributed by atoms with van der Waals surface area (Å²) in [5, 5.41) is 5.93.